The lowest BCUT2D eigenvalue weighted by Gasteiger charge is -2.09. The largest absolute Gasteiger partial charge is 0.496 e. The highest BCUT2D eigenvalue weighted by molar-refractivity contribution is 7.14. The van der Waals surface area contributed by atoms with E-state index in [9.17, 15) is 9.90 Å². The molecule has 0 aliphatic rings. The summed E-state index contributed by atoms with van der Waals surface area (Å²) in [5.74, 6) is 0.479. The Bertz CT molecular complexity index is 649. The third-order valence-corrected chi connectivity index (χ3v) is 4.43. The Morgan fingerprint density at radius 3 is 2.67 bits per heavy atom. The minimum atomic E-state index is -0.134. The fraction of sp³-hybridized carbons (Fsp3) is 0.312. The second-order valence-corrected chi connectivity index (χ2v) is 5.94. The van der Waals surface area contributed by atoms with Gasteiger partial charge in [0, 0.05) is 16.1 Å². The first-order valence-corrected chi connectivity index (χ1v) is 7.59. The maximum absolute atomic E-state index is 12.3. The standard InChI is InChI=1S/C16H19NO3S/c1-4-11-8-15(21-10(11)2)16(19)17-13-5-6-14(20-3)12(7-13)9-18/h5-8,18H,4,9H2,1-3H3,(H,17,19). The number of benzene rings is 1. The van der Waals surface area contributed by atoms with E-state index in [2.05, 4.69) is 12.2 Å². The predicted molar refractivity (Wildman–Crippen MR) is 85.3 cm³/mol. The van der Waals surface area contributed by atoms with Crippen molar-refractivity contribution in [2.24, 2.45) is 0 Å². The van der Waals surface area contributed by atoms with Crippen molar-refractivity contribution in [2.45, 2.75) is 26.9 Å². The monoisotopic (exact) mass is 305 g/mol. The summed E-state index contributed by atoms with van der Waals surface area (Å²) in [6.07, 6.45) is 0.923. The van der Waals surface area contributed by atoms with Crippen LogP contribution < -0.4 is 10.1 Å². The van der Waals surface area contributed by atoms with E-state index in [4.69, 9.17) is 4.74 Å². The maximum atomic E-state index is 12.3. The number of thiophene rings is 1. The summed E-state index contributed by atoms with van der Waals surface area (Å²) in [4.78, 5) is 14.1. The number of aliphatic hydroxyl groups is 1. The molecule has 0 unspecified atom stereocenters. The van der Waals surface area contributed by atoms with Crippen LogP contribution in [0, 0.1) is 6.92 Å². The van der Waals surface area contributed by atoms with Gasteiger partial charge in [-0.15, -0.1) is 11.3 Å². The van der Waals surface area contributed by atoms with Crippen molar-refractivity contribution in [3.05, 3.63) is 45.1 Å². The molecule has 2 rings (SSSR count). The molecule has 1 heterocycles. The number of hydrogen-bond acceptors (Lipinski definition) is 4. The molecule has 0 bridgehead atoms. The lowest BCUT2D eigenvalue weighted by molar-refractivity contribution is 0.103. The number of ether oxygens (including phenoxy) is 1. The molecule has 0 radical (unpaired) electrons. The molecule has 5 heteroatoms. The molecular formula is C16H19NO3S. The van der Waals surface area contributed by atoms with Crippen LogP contribution in [0.3, 0.4) is 0 Å². The smallest absolute Gasteiger partial charge is 0.265 e. The minimum absolute atomic E-state index is 0.128. The Kier molecular flexibility index (Phi) is 4.98. The van der Waals surface area contributed by atoms with Crippen molar-refractivity contribution in [1.29, 1.82) is 0 Å². The molecule has 21 heavy (non-hydrogen) atoms. The molecule has 4 nitrogen and oxygen atoms in total. The summed E-state index contributed by atoms with van der Waals surface area (Å²) >= 11 is 1.50. The first-order chi connectivity index (χ1) is 10.1. The van der Waals surface area contributed by atoms with Gasteiger partial charge < -0.3 is 15.2 Å². The van der Waals surface area contributed by atoms with Gasteiger partial charge in [0.05, 0.1) is 18.6 Å². The van der Waals surface area contributed by atoms with Crippen LogP contribution in [0.2, 0.25) is 0 Å². The predicted octanol–water partition coefficient (Wildman–Crippen LogP) is 3.37. The summed E-state index contributed by atoms with van der Waals surface area (Å²) in [7, 11) is 1.55. The maximum Gasteiger partial charge on any atom is 0.265 e. The molecule has 0 aliphatic heterocycles. The molecule has 0 atom stereocenters. The first kappa shape index (κ1) is 15.5. The molecule has 0 fully saturated rings. The van der Waals surface area contributed by atoms with E-state index in [1.165, 1.54) is 21.8 Å². The molecule has 0 spiro atoms. The van der Waals surface area contributed by atoms with Crippen LogP contribution in [0.1, 0.15) is 32.6 Å². The van der Waals surface area contributed by atoms with Gasteiger partial charge in [-0.05, 0) is 43.2 Å². The van der Waals surface area contributed by atoms with Gasteiger partial charge in [0.1, 0.15) is 5.75 Å². The van der Waals surface area contributed by atoms with E-state index in [0.29, 0.717) is 21.9 Å². The normalized spacial score (nSPS) is 10.5. The van der Waals surface area contributed by atoms with E-state index in [1.54, 1.807) is 25.3 Å². The van der Waals surface area contributed by atoms with Crippen molar-refractivity contribution >= 4 is 22.9 Å². The highest BCUT2D eigenvalue weighted by Gasteiger charge is 2.12. The second kappa shape index (κ2) is 6.74. The fourth-order valence-electron chi connectivity index (χ4n) is 2.16. The highest BCUT2D eigenvalue weighted by Crippen LogP contribution is 2.25. The lowest BCUT2D eigenvalue weighted by Crippen LogP contribution is -2.10. The van der Waals surface area contributed by atoms with Gasteiger partial charge in [0.25, 0.3) is 5.91 Å². The van der Waals surface area contributed by atoms with Gasteiger partial charge in [-0.1, -0.05) is 6.92 Å². The number of hydrogen-bond donors (Lipinski definition) is 2. The molecule has 1 aromatic heterocycles. The summed E-state index contributed by atoms with van der Waals surface area (Å²) in [5, 5.41) is 12.2. The zero-order valence-electron chi connectivity index (χ0n) is 12.4. The van der Waals surface area contributed by atoms with Crippen molar-refractivity contribution in [3.63, 3.8) is 0 Å². The number of aryl methyl sites for hydroxylation is 2. The first-order valence-electron chi connectivity index (χ1n) is 6.77. The quantitative estimate of drug-likeness (QED) is 0.890. The zero-order chi connectivity index (χ0) is 15.4. The number of rotatable bonds is 5. The van der Waals surface area contributed by atoms with Crippen LogP contribution in [0.15, 0.2) is 24.3 Å². The van der Waals surface area contributed by atoms with Crippen LogP contribution >= 0.6 is 11.3 Å². The number of carbonyl (C=O) groups excluding carboxylic acids is 1. The van der Waals surface area contributed by atoms with E-state index in [-0.39, 0.29) is 12.5 Å². The van der Waals surface area contributed by atoms with Crippen LogP contribution in [-0.4, -0.2) is 18.1 Å². The molecule has 1 amide bonds. The van der Waals surface area contributed by atoms with Crippen LogP contribution in [-0.2, 0) is 13.0 Å². The highest BCUT2D eigenvalue weighted by atomic mass is 32.1. The minimum Gasteiger partial charge on any atom is -0.496 e. The average molecular weight is 305 g/mol. The van der Waals surface area contributed by atoms with Crippen molar-refractivity contribution in [3.8, 4) is 5.75 Å². The van der Waals surface area contributed by atoms with Crippen LogP contribution in [0.25, 0.3) is 0 Å². The topological polar surface area (TPSA) is 58.6 Å². The van der Waals surface area contributed by atoms with E-state index in [1.807, 2.05) is 13.0 Å². The summed E-state index contributed by atoms with van der Waals surface area (Å²) in [6, 6.07) is 7.15. The molecular weight excluding hydrogens is 286 g/mol. The van der Waals surface area contributed by atoms with Crippen molar-refractivity contribution in [1.82, 2.24) is 0 Å². The Labute approximate surface area is 128 Å². The Morgan fingerprint density at radius 2 is 2.10 bits per heavy atom. The molecule has 0 aliphatic carbocycles. The summed E-state index contributed by atoms with van der Waals surface area (Å²) in [6.45, 7) is 3.97. The van der Waals surface area contributed by atoms with E-state index in [0.717, 1.165) is 6.42 Å². The number of methoxy groups -OCH3 is 1. The molecule has 112 valence electrons. The Morgan fingerprint density at radius 1 is 1.33 bits per heavy atom. The number of amides is 1. The molecule has 2 N–H and O–H groups in total. The van der Waals surface area contributed by atoms with Gasteiger partial charge in [-0.3, -0.25) is 4.79 Å². The third kappa shape index (κ3) is 3.43. The SMILES string of the molecule is CCc1cc(C(=O)Nc2ccc(OC)c(CO)c2)sc1C. The molecule has 2 aromatic rings. The number of nitrogens with one attached hydrogen (secondary N) is 1. The average Bonchev–Trinajstić information content (AvgIpc) is 2.88. The summed E-state index contributed by atoms with van der Waals surface area (Å²) < 4.78 is 5.14. The molecule has 1 aromatic carbocycles. The lowest BCUT2D eigenvalue weighted by atomic mass is 10.1. The van der Waals surface area contributed by atoms with Crippen LogP contribution in [0.4, 0.5) is 5.69 Å². The van der Waals surface area contributed by atoms with Crippen molar-refractivity contribution < 1.29 is 14.6 Å². The number of anilines is 1. The Balaban J connectivity index is 2.18. The van der Waals surface area contributed by atoms with Gasteiger partial charge in [0.15, 0.2) is 0 Å². The van der Waals surface area contributed by atoms with E-state index >= 15 is 0 Å². The summed E-state index contributed by atoms with van der Waals surface area (Å²) in [5.41, 5.74) is 2.50. The van der Waals surface area contributed by atoms with Crippen molar-refractivity contribution in [2.75, 3.05) is 12.4 Å². The fourth-order valence-corrected chi connectivity index (χ4v) is 3.16. The zero-order valence-corrected chi connectivity index (χ0v) is 13.2. The molecule has 0 saturated heterocycles. The number of carbonyl (C=O) groups is 1. The Hall–Kier alpha value is -1.85. The van der Waals surface area contributed by atoms with Gasteiger partial charge in [0.2, 0.25) is 0 Å². The van der Waals surface area contributed by atoms with E-state index < -0.39 is 0 Å². The third-order valence-electron chi connectivity index (χ3n) is 3.33. The van der Waals surface area contributed by atoms with Gasteiger partial charge in [-0.25, -0.2) is 0 Å². The molecule has 0 saturated carbocycles. The van der Waals surface area contributed by atoms with Gasteiger partial charge >= 0.3 is 0 Å². The van der Waals surface area contributed by atoms with Crippen LogP contribution in [0.5, 0.6) is 5.75 Å². The second-order valence-electron chi connectivity index (χ2n) is 4.68. The number of aliphatic hydroxyl groups excluding tert-OH is 1. The van der Waals surface area contributed by atoms with Gasteiger partial charge in [-0.2, -0.15) is 0 Å².